The van der Waals surface area contributed by atoms with Gasteiger partial charge in [-0.05, 0) is 42.7 Å². The SMILES string of the molecule is Cc1cccc2c(=O)n(CC(=O)NCCc3cnn(-c4ccccc4)c3)cnc12. The van der Waals surface area contributed by atoms with Crippen LogP contribution in [0.3, 0.4) is 0 Å². The molecule has 7 nitrogen and oxygen atoms in total. The van der Waals surface area contributed by atoms with E-state index < -0.39 is 0 Å². The summed E-state index contributed by atoms with van der Waals surface area (Å²) in [5, 5.41) is 7.72. The Bertz CT molecular complexity index is 1210. The minimum Gasteiger partial charge on any atom is -0.354 e. The minimum absolute atomic E-state index is 0.0566. The fraction of sp³-hybridized carbons (Fsp3) is 0.182. The van der Waals surface area contributed by atoms with Gasteiger partial charge < -0.3 is 5.32 Å². The number of para-hydroxylation sites is 2. The average molecular weight is 387 g/mol. The molecule has 29 heavy (non-hydrogen) atoms. The maximum absolute atomic E-state index is 12.6. The standard InChI is InChI=1S/C22H21N5O2/c1-16-6-5-9-19-21(16)24-15-26(22(19)29)14-20(28)23-11-10-17-12-25-27(13-17)18-7-3-2-4-8-18/h2-9,12-13,15H,10-11,14H2,1H3,(H,23,28). The first kappa shape index (κ1) is 18.6. The summed E-state index contributed by atoms with van der Waals surface area (Å²) in [5.74, 6) is -0.226. The molecule has 7 heteroatoms. The molecule has 0 aliphatic rings. The van der Waals surface area contributed by atoms with E-state index in [0.29, 0.717) is 23.9 Å². The van der Waals surface area contributed by atoms with Crippen LogP contribution in [0.5, 0.6) is 0 Å². The number of carbonyl (C=O) groups is 1. The van der Waals surface area contributed by atoms with Crippen LogP contribution in [0.25, 0.3) is 16.6 Å². The lowest BCUT2D eigenvalue weighted by Crippen LogP contribution is -2.33. The zero-order chi connectivity index (χ0) is 20.2. The van der Waals surface area contributed by atoms with Gasteiger partial charge >= 0.3 is 0 Å². The summed E-state index contributed by atoms with van der Waals surface area (Å²) in [6, 6.07) is 15.3. The van der Waals surface area contributed by atoms with Gasteiger partial charge in [-0.3, -0.25) is 14.2 Å². The van der Waals surface area contributed by atoms with E-state index in [9.17, 15) is 9.59 Å². The molecule has 0 bridgehead atoms. The number of carbonyl (C=O) groups excluding carboxylic acids is 1. The van der Waals surface area contributed by atoms with Crippen molar-refractivity contribution < 1.29 is 4.79 Å². The van der Waals surface area contributed by atoms with Gasteiger partial charge in [-0.2, -0.15) is 5.10 Å². The molecule has 0 spiro atoms. The number of aromatic nitrogens is 4. The quantitative estimate of drug-likeness (QED) is 0.550. The molecular formula is C22H21N5O2. The van der Waals surface area contributed by atoms with Crippen molar-refractivity contribution in [1.29, 1.82) is 0 Å². The third-order valence-electron chi connectivity index (χ3n) is 4.76. The minimum atomic E-state index is -0.226. The molecular weight excluding hydrogens is 366 g/mol. The summed E-state index contributed by atoms with van der Waals surface area (Å²) >= 11 is 0. The molecule has 2 aromatic carbocycles. The first-order valence-corrected chi connectivity index (χ1v) is 9.42. The van der Waals surface area contributed by atoms with E-state index in [1.807, 2.05) is 55.6 Å². The number of amides is 1. The zero-order valence-electron chi connectivity index (χ0n) is 16.1. The second kappa shape index (κ2) is 8.10. The number of benzene rings is 2. The van der Waals surface area contributed by atoms with Crippen molar-refractivity contribution in [3.8, 4) is 5.69 Å². The molecule has 0 unspecified atom stereocenters. The fourth-order valence-corrected chi connectivity index (χ4v) is 3.22. The number of aryl methyl sites for hydroxylation is 1. The Labute approximate surface area is 167 Å². The molecule has 0 fully saturated rings. The van der Waals surface area contributed by atoms with Gasteiger partial charge in [0, 0.05) is 12.7 Å². The van der Waals surface area contributed by atoms with Crippen LogP contribution in [0.2, 0.25) is 0 Å². The van der Waals surface area contributed by atoms with Gasteiger partial charge in [0.1, 0.15) is 6.54 Å². The Kier molecular flexibility index (Phi) is 5.20. The summed E-state index contributed by atoms with van der Waals surface area (Å²) in [7, 11) is 0. The molecule has 4 aromatic rings. The molecule has 146 valence electrons. The Balaban J connectivity index is 1.35. The van der Waals surface area contributed by atoms with Crippen molar-refractivity contribution >= 4 is 16.8 Å². The van der Waals surface area contributed by atoms with Gasteiger partial charge in [0.25, 0.3) is 5.56 Å². The fourth-order valence-electron chi connectivity index (χ4n) is 3.22. The maximum atomic E-state index is 12.6. The lowest BCUT2D eigenvalue weighted by atomic mass is 10.1. The summed E-state index contributed by atoms with van der Waals surface area (Å²) in [5.41, 5.74) is 3.41. The zero-order valence-corrected chi connectivity index (χ0v) is 16.1. The van der Waals surface area contributed by atoms with Crippen LogP contribution >= 0.6 is 0 Å². The highest BCUT2D eigenvalue weighted by Crippen LogP contribution is 2.11. The van der Waals surface area contributed by atoms with Crippen molar-refractivity contribution in [1.82, 2.24) is 24.6 Å². The van der Waals surface area contributed by atoms with Crippen LogP contribution in [0, 0.1) is 6.92 Å². The Hall–Kier alpha value is -3.74. The third-order valence-corrected chi connectivity index (χ3v) is 4.76. The molecule has 2 aromatic heterocycles. The highest BCUT2D eigenvalue weighted by atomic mass is 16.2. The van der Waals surface area contributed by atoms with Crippen LogP contribution in [-0.4, -0.2) is 31.8 Å². The van der Waals surface area contributed by atoms with E-state index in [0.717, 1.165) is 16.8 Å². The molecule has 0 radical (unpaired) electrons. The van der Waals surface area contributed by atoms with Crippen LogP contribution in [0.15, 0.2) is 72.0 Å². The first-order valence-electron chi connectivity index (χ1n) is 9.42. The molecule has 0 saturated heterocycles. The van der Waals surface area contributed by atoms with E-state index in [1.54, 1.807) is 16.9 Å². The van der Waals surface area contributed by atoms with Crippen molar-refractivity contribution in [2.24, 2.45) is 0 Å². The van der Waals surface area contributed by atoms with Crippen molar-refractivity contribution in [3.05, 3.63) is 88.7 Å². The number of nitrogens with zero attached hydrogens (tertiary/aromatic N) is 4. The molecule has 4 rings (SSSR count). The molecule has 1 amide bonds. The lowest BCUT2D eigenvalue weighted by Gasteiger charge is -2.08. The normalized spacial score (nSPS) is 10.9. The summed E-state index contributed by atoms with van der Waals surface area (Å²) < 4.78 is 3.14. The number of hydrogen-bond acceptors (Lipinski definition) is 4. The molecule has 0 aliphatic carbocycles. The summed E-state index contributed by atoms with van der Waals surface area (Å²) in [6.45, 7) is 2.32. The van der Waals surface area contributed by atoms with Gasteiger partial charge in [0.05, 0.1) is 29.1 Å². The van der Waals surface area contributed by atoms with Gasteiger partial charge in [0.15, 0.2) is 0 Å². The second-order valence-electron chi connectivity index (χ2n) is 6.88. The molecule has 1 N–H and O–H groups in total. The summed E-state index contributed by atoms with van der Waals surface area (Å²) in [6.07, 6.45) is 5.82. The van der Waals surface area contributed by atoms with E-state index in [-0.39, 0.29) is 18.0 Å². The maximum Gasteiger partial charge on any atom is 0.261 e. The first-order chi connectivity index (χ1) is 14.1. The van der Waals surface area contributed by atoms with Crippen molar-refractivity contribution in [3.63, 3.8) is 0 Å². The van der Waals surface area contributed by atoms with Crippen molar-refractivity contribution in [2.45, 2.75) is 19.9 Å². The highest BCUT2D eigenvalue weighted by Gasteiger charge is 2.09. The predicted octanol–water partition coefficient (Wildman–Crippen LogP) is 2.25. The number of hydrogen-bond donors (Lipinski definition) is 1. The molecule has 0 atom stereocenters. The Morgan fingerprint density at radius 3 is 2.76 bits per heavy atom. The van der Waals surface area contributed by atoms with Gasteiger partial charge in [-0.1, -0.05) is 30.3 Å². The summed E-state index contributed by atoms with van der Waals surface area (Å²) in [4.78, 5) is 29.2. The van der Waals surface area contributed by atoms with E-state index in [4.69, 9.17) is 0 Å². The van der Waals surface area contributed by atoms with Crippen LogP contribution in [0.4, 0.5) is 0 Å². The highest BCUT2D eigenvalue weighted by molar-refractivity contribution is 5.81. The Morgan fingerprint density at radius 2 is 1.93 bits per heavy atom. The monoisotopic (exact) mass is 387 g/mol. The number of nitrogens with one attached hydrogen (secondary N) is 1. The number of fused-ring (bicyclic) bond motifs is 1. The topological polar surface area (TPSA) is 81.8 Å². The van der Waals surface area contributed by atoms with E-state index >= 15 is 0 Å². The molecule has 2 heterocycles. The van der Waals surface area contributed by atoms with Crippen LogP contribution < -0.4 is 10.9 Å². The third kappa shape index (κ3) is 4.08. The van der Waals surface area contributed by atoms with E-state index in [2.05, 4.69) is 15.4 Å². The molecule has 0 aliphatic heterocycles. The van der Waals surface area contributed by atoms with Crippen LogP contribution in [-0.2, 0) is 17.8 Å². The average Bonchev–Trinajstić information content (AvgIpc) is 3.20. The van der Waals surface area contributed by atoms with Crippen LogP contribution in [0.1, 0.15) is 11.1 Å². The van der Waals surface area contributed by atoms with Gasteiger partial charge in [-0.25, -0.2) is 9.67 Å². The van der Waals surface area contributed by atoms with Gasteiger partial charge in [0.2, 0.25) is 5.91 Å². The smallest absolute Gasteiger partial charge is 0.261 e. The van der Waals surface area contributed by atoms with E-state index in [1.165, 1.54) is 10.9 Å². The van der Waals surface area contributed by atoms with Crippen molar-refractivity contribution in [2.75, 3.05) is 6.54 Å². The lowest BCUT2D eigenvalue weighted by molar-refractivity contribution is -0.121. The predicted molar refractivity (Wildman–Crippen MR) is 111 cm³/mol. The van der Waals surface area contributed by atoms with Gasteiger partial charge in [-0.15, -0.1) is 0 Å². The molecule has 0 saturated carbocycles. The number of rotatable bonds is 6. The Morgan fingerprint density at radius 1 is 1.10 bits per heavy atom. The second-order valence-corrected chi connectivity index (χ2v) is 6.88. The largest absolute Gasteiger partial charge is 0.354 e.